The van der Waals surface area contributed by atoms with Crippen LogP contribution in [-0.2, 0) is 10.0 Å². The molecule has 2 N–H and O–H groups in total. The van der Waals surface area contributed by atoms with Gasteiger partial charge in [-0.1, -0.05) is 19.8 Å². The van der Waals surface area contributed by atoms with Gasteiger partial charge in [0.1, 0.15) is 0 Å². The molecule has 0 aromatic carbocycles. The summed E-state index contributed by atoms with van der Waals surface area (Å²) in [6, 6.07) is -0.0890. The summed E-state index contributed by atoms with van der Waals surface area (Å²) >= 11 is 0. The first-order chi connectivity index (χ1) is 12.6. The summed E-state index contributed by atoms with van der Waals surface area (Å²) in [5.74, 6) is 2.03. The molecule has 2 fully saturated rings. The minimum atomic E-state index is -5.23. The number of nitrogens with one attached hydrogen (secondary N) is 2. The van der Waals surface area contributed by atoms with Crippen LogP contribution in [0.5, 0.6) is 0 Å². The lowest BCUT2D eigenvalue weighted by atomic mass is 9.83. The Hall–Kier alpha value is -1.03. The first kappa shape index (κ1) is 22.3. The van der Waals surface area contributed by atoms with E-state index < -0.39 is 15.5 Å². The van der Waals surface area contributed by atoms with Crippen molar-refractivity contribution in [3.63, 3.8) is 0 Å². The highest BCUT2D eigenvalue weighted by atomic mass is 32.2. The third-order valence-corrected chi connectivity index (χ3v) is 7.04. The Bertz CT molecular complexity index is 594. The van der Waals surface area contributed by atoms with Crippen LogP contribution in [-0.4, -0.2) is 56.4 Å². The molecule has 0 atom stereocenters. The van der Waals surface area contributed by atoms with E-state index in [4.69, 9.17) is 0 Å². The van der Waals surface area contributed by atoms with Gasteiger partial charge < -0.3 is 10.6 Å². The number of hydrogen-bond acceptors (Lipinski definition) is 3. The maximum Gasteiger partial charge on any atom is 0.511 e. The zero-order valence-electron chi connectivity index (χ0n) is 16.1. The van der Waals surface area contributed by atoms with Gasteiger partial charge in [-0.2, -0.15) is 17.5 Å². The molecule has 2 aliphatic rings. The second-order valence-electron chi connectivity index (χ2n) is 7.61. The third kappa shape index (κ3) is 6.23. The van der Waals surface area contributed by atoms with E-state index in [9.17, 15) is 21.6 Å². The summed E-state index contributed by atoms with van der Waals surface area (Å²) in [7, 11) is -5.23. The zero-order chi connectivity index (χ0) is 20.1. The molecule has 6 nitrogen and oxygen atoms in total. The third-order valence-electron chi connectivity index (χ3n) is 5.41. The fourth-order valence-electron chi connectivity index (χ4n) is 3.63. The van der Waals surface area contributed by atoms with Crippen LogP contribution in [0.25, 0.3) is 0 Å². The van der Waals surface area contributed by atoms with Gasteiger partial charge in [0.2, 0.25) is 0 Å². The van der Waals surface area contributed by atoms with Gasteiger partial charge in [-0.15, -0.1) is 0 Å². The molecule has 0 unspecified atom stereocenters. The van der Waals surface area contributed by atoms with Crippen LogP contribution in [0.2, 0.25) is 0 Å². The molecular formula is C17H31F3N4O2S. The van der Waals surface area contributed by atoms with Crippen molar-refractivity contribution in [1.29, 1.82) is 0 Å². The molecule has 0 amide bonds. The second-order valence-corrected chi connectivity index (χ2v) is 9.54. The number of rotatable bonds is 5. The fraction of sp³-hybridized carbons (Fsp3) is 0.941. The maximum atomic E-state index is 12.7. The zero-order valence-corrected chi connectivity index (χ0v) is 16.9. The number of piperidine rings is 1. The molecular weight excluding hydrogens is 381 g/mol. The van der Waals surface area contributed by atoms with E-state index in [-0.39, 0.29) is 19.1 Å². The number of aliphatic imine (C=N–C) groups is 1. The summed E-state index contributed by atoms with van der Waals surface area (Å²) in [4.78, 5) is 4.65. The molecule has 1 heterocycles. The van der Waals surface area contributed by atoms with Crippen molar-refractivity contribution in [3.05, 3.63) is 0 Å². The Morgan fingerprint density at radius 1 is 1.11 bits per heavy atom. The average Bonchev–Trinajstić information content (AvgIpc) is 2.61. The largest absolute Gasteiger partial charge is 0.511 e. The predicted molar refractivity (Wildman–Crippen MR) is 99.8 cm³/mol. The number of nitrogens with zero attached hydrogens (tertiary/aromatic N) is 2. The molecule has 27 heavy (non-hydrogen) atoms. The summed E-state index contributed by atoms with van der Waals surface area (Å²) in [5, 5.41) is 6.42. The van der Waals surface area contributed by atoms with Crippen molar-refractivity contribution < 1.29 is 21.6 Å². The molecule has 10 heteroatoms. The molecule has 0 aromatic rings. The number of halogens is 3. The lowest BCUT2D eigenvalue weighted by Crippen LogP contribution is -2.51. The van der Waals surface area contributed by atoms with Gasteiger partial charge in [-0.3, -0.25) is 4.99 Å². The Labute approximate surface area is 160 Å². The van der Waals surface area contributed by atoms with Crippen molar-refractivity contribution in [3.8, 4) is 0 Å². The second kappa shape index (κ2) is 9.45. The Kier molecular flexibility index (Phi) is 7.79. The number of sulfonamides is 1. The lowest BCUT2D eigenvalue weighted by molar-refractivity contribution is -0.0494. The van der Waals surface area contributed by atoms with Crippen molar-refractivity contribution in [2.45, 2.75) is 63.9 Å². The highest BCUT2D eigenvalue weighted by Gasteiger charge is 2.50. The average molecular weight is 413 g/mol. The summed E-state index contributed by atoms with van der Waals surface area (Å²) in [6.45, 7) is 5.38. The van der Waals surface area contributed by atoms with Crippen LogP contribution in [0.3, 0.4) is 0 Å². The molecule has 1 saturated carbocycles. The normalized spacial score (nSPS) is 26.8. The van der Waals surface area contributed by atoms with Crippen LogP contribution in [0.4, 0.5) is 13.2 Å². The minimum absolute atomic E-state index is 0.0890. The molecule has 1 aliphatic carbocycles. The van der Waals surface area contributed by atoms with Crippen LogP contribution in [0.15, 0.2) is 4.99 Å². The van der Waals surface area contributed by atoms with Crippen LogP contribution in [0.1, 0.15) is 52.4 Å². The molecule has 1 aliphatic heterocycles. The SMILES string of the molecule is CCNC(=NCC1CCC(C)CC1)NC1CCN(S(=O)(=O)C(F)(F)F)CC1. The van der Waals surface area contributed by atoms with Gasteiger partial charge >= 0.3 is 15.5 Å². The first-order valence-corrected chi connectivity index (χ1v) is 11.2. The highest BCUT2D eigenvalue weighted by Crippen LogP contribution is 2.29. The molecule has 0 bridgehead atoms. The molecule has 0 radical (unpaired) electrons. The van der Waals surface area contributed by atoms with E-state index in [0.29, 0.717) is 35.6 Å². The number of hydrogen-bond donors (Lipinski definition) is 2. The van der Waals surface area contributed by atoms with Gasteiger partial charge in [0.25, 0.3) is 0 Å². The Morgan fingerprint density at radius 3 is 2.22 bits per heavy atom. The van der Waals surface area contributed by atoms with E-state index >= 15 is 0 Å². The number of alkyl halides is 3. The van der Waals surface area contributed by atoms with Gasteiger partial charge in [-0.05, 0) is 44.4 Å². The summed E-state index contributed by atoms with van der Waals surface area (Å²) < 4.78 is 61.5. The van der Waals surface area contributed by atoms with E-state index in [0.717, 1.165) is 12.5 Å². The van der Waals surface area contributed by atoms with E-state index in [1.165, 1.54) is 25.7 Å². The molecule has 0 spiro atoms. The van der Waals surface area contributed by atoms with Crippen molar-refractivity contribution in [1.82, 2.24) is 14.9 Å². The topological polar surface area (TPSA) is 73.8 Å². The van der Waals surface area contributed by atoms with Crippen molar-refractivity contribution in [2.75, 3.05) is 26.2 Å². The Morgan fingerprint density at radius 2 is 1.70 bits per heavy atom. The summed E-state index contributed by atoms with van der Waals surface area (Å²) in [5.41, 5.74) is -5.23. The fourth-order valence-corrected chi connectivity index (χ4v) is 4.62. The number of guanidine groups is 1. The molecule has 2 rings (SSSR count). The van der Waals surface area contributed by atoms with Gasteiger partial charge in [0.15, 0.2) is 5.96 Å². The molecule has 0 aromatic heterocycles. The molecule has 158 valence electrons. The van der Waals surface area contributed by atoms with E-state index in [2.05, 4.69) is 22.5 Å². The van der Waals surface area contributed by atoms with Gasteiger partial charge in [0, 0.05) is 32.2 Å². The van der Waals surface area contributed by atoms with Crippen molar-refractivity contribution >= 4 is 16.0 Å². The minimum Gasteiger partial charge on any atom is -0.357 e. The first-order valence-electron chi connectivity index (χ1n) is 9.74. The van der Waals surface area contributed by atoms with Crippen LogP contribution >= 0.6 is 0 Å². The van der Waals surface area contributed by atoms with Crippen molar-refractivity contribution in [2.24, 2.45) is 16.8 Å². The van der Waals surface area contributed by atoms with Gasteiger partial charge in [-0.25, -0.2) is 8.42 Å². The van der Waals surface area contributed by atoms with Crippen LogP contribution in [0, 0.1) is 11.8 Å². The summed E-state index contributed by atoms with van der Waals surface area (Å²) in [6.07, 6.45) is 5.46. The smallest absolute Gasteiger partial charge is 0.357 e. The highest BCUT2D eigenvalue weighted by molar-refractivity contribution is 7.90. The van der Waals surface area contributed by atoms with Gasteiger partial charge in [0.05, 0.1) is 0 Å². The standard InChI is InChI=1S/C17H31F3N4O2S/c1-3-21-16(22-12-14-6-4-13(2)5-7-14)23-15-8-10-24(11-9-15)27(25,26)17(18,19)20/h13-15H,3-12H2,1-2H3,(H2,21,22,23). The monoisotopic (exact) mass is 412 g/mol. The maximum absolute atomic E-state index is 12.7. The van der Waals surface area contributed by atoms with E-state index in [1.54, 1.807) is 0 Å². The van der Waals surface area contributed by atoms with E-state index in [1.807, 2.05) is 6.92 Å². The molecule has 1 saturated heterocycles. The quantitative estimate of drug-likeness (QED) is 0.538. The van der Waals surface area contributed by atoms with Crippen LogP contribution < -0.4 is 10.6 Å². The Balaban J connectivity index is 1.86. The lowest BCUT2D eigenvalue weighted by Gasteiger charge is -2.32. The predicted octanol–water partition coefficient (Wildman–Crippen LogP) is 2.68.